The molecule has 2 aromatic rings. The predicted molar refractivity (Wildman–Crippen MR) is 93.0 cm³/mol. The average molecular weight is 362 g/mol. The van der Waals surface area contributed by atoms with E-state index in [-0.39, 0.29) is 11.6 Å². The minimum absolute atomic E-state index is 0.0962. The Morgan fingerprint density at radius 2 is 2.16 bits per heavy atom. The molecule has 1 aliphatic carbocycles. The zero-order chi connectivity index (χ0) is 18.0. The molecule has 0 unspecified atom stereocenters. The van der Waals surface area contributed by atoms with E-state index in [1.54, 1.807) is 24.3 Å². The number of hydrogen-bond donors (Lipinski definition) is 1. The van der Waals surface area contributed by atoms with Crippen LogP contribution in [0.15, 0.2) is 30.3 Å². The van der Waals surface area contributed by atoms with Crippen molar-refractivity contribution in [1.29, 1.82) is 0 Å². The van der Waals surface area contributed by atoms with Crippen LogP contribution in [0.2, 0.25) is 5.02 Å². The normalized spacial score (nSPS) is 13.4. The second-order valence-electron chi connectivity index (χ2n) is 5.77. The highest BCUT2D eigenvalue weighted by molar-refractivity contribution is 6.30. The SMILES string of the molecule is COC(=O)c1ccc(CNc2ccc(Cl)cc2[N+](=O)[O-])nc1C1CC1. The molecule has 0 bridgehead atoms. The van der Waals surface area contributed by atoms with Crippen molar-refractivity contribution in [2.24, 2.45) is 0 Å². The van der Waals surface area contributed by atoms with E-state index in [4.69, 9.17) is 16.3 Å². The summed E-state index contributed by atoms with van der Waals surface area (Å²) in [5.41, 5.74) is 2.17. The summed E-state index contributed by atoms with van der Waals surface area (Å²) in [6, 6.07) is 7.85. The fourth-order valence-corrected chi connectivity index (χ4v) is 2.72. The number of nitro groups is 1. The Morgan fingerprint density at radius 1 is 1.40 bits per heavy atom. The number of carbonyl (C=O) groups excluding carboxylic acids is 1. The molecule has 7 nitrogen and oxygen atoms in total. The molecule has 1 N–H and O–H groups in total. The summed E-state index contributed by atoms with van der Waals surface area (Å²) in [5, 5.41) is 14.4. The Balaban J connectivity index is 1.81. The number of nitrogens with zero attached hydrogens (tertiary/aromatic N) is 2. The molecule has 1 aromatic heterocycles. The number of carbonyl (C=O) groups is 1. The smallest absolute Gasteiger partial charge is 0.339 e. The third-order valence-corrected chi connectivity index (χ3v) is 4.20. The number of halogens is 1. The quantitative estimate of drug-likeness (QED) is 0.476. The molecule has 0 atom stereocenters. The average Bonchev–Trinajstić information content (AvgIpc) is 3.44. The first-order valence-corrected chi connectivity index (χ1v) is 8.13. The molecule has 0 saturated heterocycles. The molecule has 1 aliphatic rings. The monoisotopic (exact) mass is 361 g/mol. The van der Waals surface area contributed by atoms with Gasteiger partial charge in [-0.2, -0.15) is 0 Å². The van der Waals surface area contributed by atoms with Crippen LogP contribution < -0.4 is 5.32 Å². The van der Waals surface area contributed by atoms with Crippen LogP contribution in [0.3, 0.4) is 0 Å². The fourth-order valence-electron chi connectivity index (χ4n) is 2.56. The van der Waals surface area contributed by atoms with Gasteiger partial charge in [-0.25, -0.2) is 4.79 Å². The minimum atomic E-state index is -0.488. The van der Waals surface area contributed by atoms with Crippen LogP contribution in [0.4, 0.5) is 11.4 Å². The Hall–Kier alpha value is -2.67. The number of anilines is 1. The van der Waals surface area contributed by atoms with Crippen molar-refractivity contribution in [3.63, 3.8) is 0 Å². The summed E-state index contributed by atoms with van der Waals surface area (Å²) in [7, 11) is 1.34. The summed E-state index contributed by atoms with van der Waals surface area (Å²) >= 11 is 5.81. The van der Waals surface area contributed by atoms with E-state index in [9.17, 15) is 14.9 Å². The number of benzene rings is 1. The van der Waals surface area contributed by atoms with E-state index < -0.39 is 10.9 Å². The first-order chi connectivity index (χ1) is 12.0. The zero-order valence-corrected chi connectivity index (χ0v) is 14.2. The van der Waals surface area contributed by atoms with Gasteiger partial charge in [-0.05, 0) is 37.1 Å². The topological polar surface area (TPSA) is 94.4 Å². The van der Waals surface area contributed by atoms with E-state index in [1.807, 2.05) is 0 Å². The Labute approximate surface area is 149 Å². The zero-order valence-electron chi connectivity index (χ0n) is 13.5. The number of esters is 1. The second-order valence-corrected chi connectivity index (χ2v) is 6.21. The molecule has 0 radical (unpaired) electrons. The van der Waals surface area contributed by atoms with Crippen LogP contribution in [0, 0.1) is 10.1 Å². The molecule has 1 fully saturated rings. The molecule has 3 rings (SSSR count). The van der Waals surface area contributed by atoms with Crippen molar-refractivity contribution >= 4 is 28.9 Å². The van der Waals surface area contributed by atoms with Gasteiger partial charge in [-0.1, -0.05) is 11.6 Å². The molecule has 0 spiro atoms. The van der Waals surface area contributed by atoms with Gasteiger partial charge in [0.1, 0.15) is 5.69 Å². The first kappa shape index (κ1) is 17.2. The lowest BCUT2D eigenvalue weighted by atomic mass is 10.1. The van der Waals surface area contributed by atoms with Crippen molar-refractivity contribution in [3.8, 4) is 0 Å². The highest BCUT2D eigenvalue weighted by atomic mass is 35.5. The molecular weight excluding hydrogens is 346 g/mol. The van der Waals surface area contributed by atoms with Gasteiger partial charge in [-0.3, -0.25) is 15.1 Å². The third kappa shape index (κ3) is 3.88. The third-order valence-electron chi connectivity index (χ3n) is 3.97. The molecule has 25 heavy (non-hydrogen) atoms. The predicted octanol–water partition coefficient (Wildman–Crippen LogP) is 3.92. The van der Waals surface area contributed by atoms with Crippen molar-refractivity contribution < 1.29 is 14.5 Å². The molecule has 1 heterocycles. The van der Waals surface area contributed by atoms with E-state index in [1.165, 1.54) is 13.2 Å². The highest BCUT2D eigenvalue weighted by Gasteiger charge is 2.30. The minimum Gasteiger partial charge on any atom is -0.465 e. The van der Waals surface area contributed by atoms with Gasteiger partial charge in [0.05, 0.1) is 35.5 Å². The molecule has 0 amide bonds. The summed E-state index contributed by atoms with van der Waals surface area (Å²) in [6.07, 6.45) is 1.99. The van der Waals surface area contributed by atoms with E-state index in [2.05, 4.69) is 10.3 Å². The molecule has 0 aliphatic heterocycles. The lowest BCUT2D eigenvalue weighted by molar-refractivity contribution is -0.383. The number of pyridine rings is 1. The van der Waals surface area contributed by atoms with Gasteiger partial charge in [0.25, 0.3) is 5.69 Å². The number of hydrogen-bond acceptors (Lipinski definition) is 6. The van der Waals surface area contributed by atoms with Gasteiger partial charge >= 0.3 is 5.97 Å². The van der Waals surface area contributed by atoms with E-state index in [0.717, 1.165) is 18.5 Å². The van der Waals surface area contributed by atoms with Crippen LogP contribution in [0.1, 0.15) is 40.5 Å². The maximum absolute atomic E-state index is 11.8. The molecule has 130 valence electrons. The van der Waals surface area contributed by atoms with Gasteiger partial charge in [-0.15, -0.1) is 0 Å². The van der Waals surface area contributed by atoms with E-state index >= 15 is 0 Å². The molecular formula is C17H16ClN3O4. The summed E-state index contributed by atoms with van der Waals surface area (Å²) in [6.45, 7) is 0.295. The van der Waals surface area contributed by atoms with Crippen LogP contribution in [0.5, 0.6) is 0 Å². The largest absolute Gasteiger partial charge is 0.465 e. The lowest BCUT2D eigenvalue weighted by Gasteiger charge is -2.11. The molecule has 1 aromatic carbocycles. The second kappa shape index (κ2) is 7.06. The molecule has 8 heteroatoms. The molecule has 1 saturated carbocycles. The van der Waals surface area contributed by atoms with Crippen molar-refractivity contribution in [2.75, 3.05) is 12.4 Å². The van der Waals surface area contributed by atoms with Gasteiger partial charge < -0.3 is 10.1 Å². The van der Waals surface area contributed by atoms with Crippen molar-refractivity contribution in [1.82, 2.24) is 4.98 Å². The van der Waals surface area contributed by atoms with Gasteiger partial charge in [0.15, 0.2) is 0 Å². The van der Waals surface area contributed by atoms with Gasteiger partial charge in [0, 0.05) is 17.0 Å². The lowest BCUT2D eigenvalue weighted by Crippen LogP contribution is -2.10. The number of methoxy groups -OCH3 is 1. The highest BCUT2D eigenvalue weighted by Crippen LogP contribution is 2.41. The first-order valence-electron chi connectivity index (χ1n) is 7.75. The van der Waals surface area contributed by atoms with Crippen LogP contribution >= 0.6 is 11.6 Å². The van der Waals surface area contributed by atoms with Crippen LogP contribution in [0.25, 0.3) is 0 Å². The van der Waals surface area contributed by atoms with Crippen LogP contribution in [-0.2, 0) is 11.3 Å². The number of ether oxygens (including phenoxy) is 1. The summed E-state index contributed by atoms with van der Waals surface area (Å²) in [4.78, 5) is 27.0. The van der Waals surface area contributed by atoms with E-state index in [0.29, 0.717) is 28.5 Å². The van der Waals surface area contributed by atoms with Crippen molar-refractivity contribution in [2.45, 2.75) is 25.3 Å². The van der Waals surface area contributed by atoms with Gasteiger partial charge in [0.2, 0.25) is 0 Å². The summed E-state index contributed by atoms with van der Waals surface area (Å²) in [5.74, 6) is -0.124. The summed E-state index contributed by atoms with van der Waals surface area (Å²) < 4.78 is 4.80. The Morgan fingerprint density at radius 3 is 2.80 bits per heavy atom. The van der Waals surface area contributed by atoms with Crippen LogP contribution in [-0.4, -0.2) is 23.0 Å². The maximum Gasteiger partial charge on any atom is 0.339 e. The van der Waals surface area contributed by atoms with Crippen molar-refractivity contribution in [3.05, 3.63) is 62.4 Å². The number of rotatable bonds is 6. The Kier molecular flexibility index (Phi) is 4.85. The fraction of sp³-hybridized carbons (Fsp3) is 0.294. The number of aromatic nitrogens is 1. The number of nitro benzene ring substituents is 1. The maximum atomic E-state index is 11.8. The standard InChI is InChI=1S/C17H16ClN3O4/c1-25-17(22)13-6-5-12(20-16(13)10-2-3-10)9-19-14-7-4-11(18)8-15(14)21(23)24/h4-8,10,19H,2-3,9H2,1H3. The number of nitrogens with one attached hydrogen (secondary N) is 1. The Bertz CT molecular complexity index is 837.